The van der Waals surface area contributed by atoms with Crippen molar-refractivity contribution in [3.05, 3.63) is 81.4 Å². The molecule has 0 radical (unpaired) electrons. The third kappa shape index (κ3) is 6.35. The molecule has 1 N–H and O–H groups in total. The molecule has 2 rings (SSSR count). The molecule has 0 aliphatic heterocycles. The van der Waals surface area contributed by atoms with Crippen molar-refractivity contribution >= 4 is 23.6 Å². The van der Waals surface area contributed by atoms with Crippen LogP contribution >= 0.6 is 0 Å². The van der Waals surface area contributed by atoms with Crippen molar-refractivity contribution < 1.29 is 19.2 Å². The number of nitro benzene ring substituents is 1. The lowest BCUT2D eigenvalue weighted by molar-refractivity contribution is -0.384. The average molecular weight is 382 g/mol. The normalized spacial score (nSPS) is 11.8. The molecule has 0 fully saturated rings. The molecule has 0 bridgehead atoms. The predicted molar refractivity (Wildman–Crippen MR) is 105 cm³/mol. The molecule has 2 aromatic rings. The summed E-state index contributed by atoms with van der Waals surface area (Å²) in [5.74, 6) is -1.10. The zero-order valence-corrected chi connectivity index (χ0v) is 15.8. The number of carbonyl (C=O) groups is 2. The predicted octanol–water partition coefficient (Wildman–Crippen LogP) is 3.73. The van der Waals surface area contributed by atoms with E-state index in [-0.39, 0.29) is 11.7 Å². The van der Waals surface area contributed by atoms with E-state index < -0.39 is 23.4 Å². The number of aryl methyl sites for hydroxylation is 1. The highest BCUT2D eigenvalue weighted by atomic mass is 16.6. The number of ether oxygens (including phenoxy) is 1. The summed E-state index contributed by atoms with van der Waals surface area (Å²) >= 11 is 0. The van der Waals surface area contributed by atoms with Crippen LogP contribution in [0.25, 0.3) is 6.08 Å². The quantitative estimate of drug-likeness (QED) is 0.325. The van der Waals surface area contributed by atoms with E-state index in [1.54, 1.807) is 6.07 Å². The molecule has 0 aromatic heterocycles. The van der Waals surface area contributed by atoms with Gasteiger partial charge in [-0.15, -0.1) is 0 Å². The van der Waals surface area contributed by atoms with Crippen LogP contribution in [0.5, 0.6) is 0 Å². The van der Waals surface area contributed by atoms with Gasteiger partial charge in [-0.3, -0.25) is 14.9 Å². The molecule has 2 aromatic carbocycles. The molecule has 0 aliphatic carbocycles. The van der Waals surface area contributed by atoms with Crippen molar-refractivity contribution in [1.82, 2.24) is 5.32 Å². The zero-order valence-electron chi connectivity index (χ0n) is 15.8. The molecule has 7 nitrogen and oxygen atoms in total. The summed E-state index contributed by atoms with van der Waals surface area (Å²) in [6.07, 6.45) is 3.23. The number of carbonyl (C=O) groups excluding carboxylic acids is 2. The van der Waals surface area contributed by atoms with Gasteiger partial charge >= 0.3 is 5.97 Å². The first kappa shape index (κ1) is 20.8. The van der Waals surface area contributed by atoms with Gasteiger partial charge in [0.25, 0.3) is 11.6 Å². The Kier molecular flexibility index (Phi) is 7.45. The minimum Gasteiger partial charge on any atom is -0.452 e. The molecule has 1 atom stereocenters. The monoisotopic (exact) mass is 382 g/mol. The van der Waals surface area contributed by atoms with Crippen LogP contribution < -0.4 is 5.32 Å². The molecule has 146 valence electrons. The summed E-state index contributed by atoms with van der Waals surface area (Å²) in [5.41, 5.74) is 2.53. The number of nitrogens with zero attached hydrogens (tertiary/aromatic N) is 1. The fourth-order valence-corrected chi connectivity index (χ4v) is 2.55. The molecule has 0 saturated heterocycles. The van der Waals surface area contributed by atoms with Crippen molar-refractivity contribution in [1.29, 1.82) is 0 Å². The van der Waals surface area contributed by atoms with Crippen LogP contribution in [0.4, 0.5) is 5.69 Å². The molecule has 0 spiro atoms. The van der Waals surface area contributed by atoms with E-state index in [0.29, 0.717) is 12.0 Å². The maximum atomic E-state index is 12.1. The van der Waals surface area contributed by atoms with E-state index in [1.807, 2.05) is 38.1 Å². The van der Waals surface area contributed by atoms with E-state index in [0.717, 1.165) is 17.2 Å². The fourth-order valence-electron chi connectivity index (χ4n) is 2.55. The Morgan fingerprint density at radius 2 is 1.93 bits per heavy atom. The van der Waals surface area contributed by atoms with Crippen molar-refractivity contribution in [2.24, 2.45) is 0 Å². The Morgan fingerprint density at radius 1 is 1.21 bits per heavy atom. The third-order valence-corrected chi connectivity index (χ3v) is 4.06. The van der Waals surface area contributed by atoms with Gasteiger partial charge in [0.15, 0.2) is 6.61 Å². The Bertz CT molecular complexity index is 875. The van der Waals surface area contributed by atoms with E-state index in [4.69, 9.17) is 4.74 Å². The summed E-state index contributed by atoms with van der Waals surface area (Å²) in [6, 6.07) is 13.5. The van der Waals surface area contributed by atoms with Crippen LogP contribution in [0.15, 0.2) is 54.6 Å². The lowest BCUT2D eigenvalue weighted by Gasteiger charge is -2.17. The molecular formula is C21H22N2O5. The highest BCUT2D eigenvalue weighted by molar-refractivity contribution is 5.89. The summed E-state index contributed by atoms with van der Waals surface area (Å²) in [5, 5.41) is 13.6. The van der Waals surface area contributed by atoms with Crippen LogP contribution in [-0.2, 0) is 14.3 Å². The van der Waals surface area contributed by atoms with E-state index in [2.05, 4.69) is 5.32 Å². The second-order valence-corrected chi connectivity index (χ2v) is 6.23. The Labute approximate surface area is 163 Å². The van der Waals surface area contributed by atoms with E-state index in [1.165, 1.54) is 24.3 Å². The number of nitro groups is 1. The topological polar surface area (TPSA) is 98.5 Å². The SMILES string of the molecule is CC[C@H](NC(=O)COC(=O)/C=C/c1cccc([N+](=O)[O-])c1)c1ccc(C)cc1. The second kappa shape index (κ2) is 10.0. The van der Waals surface area contributed by atoms with Gasteiger partial charge in [0.2, 0.25) is 0 Å². The standard InChI is InChI=1S/C21H22N2O5/c1-3-19(17-10-7-15(2)8-11-17)22-20(24)14-28-21(25)12-9-16-5-4-6-18(13-16)23(26)27/h4-13,19H,3,14H2,1-2H3,(H,22,24)/b12-9+/t19-/m0/s1. The molecule has 0 saturated carbocycles. The van der Waals surface area contributed by atoms with Gasteiger partial charge in [-0.2, -0.15) is 0 Å². The van der Waals surface area contributed by atoms with Crippen molar-refractivity contribution in [3.63, 3.8) is 0 Å². The smallest absolute Gasteiger partial charge is 0.331 e. The zero-order chi connectivity index (χ0) is 20.5. The molecule has 7 heteroatoms. The molecule has 0 aliphatic rings. The van der Waals surface area contributed by atoms with Crippen LogP contribution in [0.1, 0.15) is 36.1 Å². The van der Waals surface area contributed by atoms with Crippen LogP contribution in [0.2, 0.25) is 0 Å². The van der Waals surface area contributed by atoms with Crippen molar-refractivity contribution in [3.8, 4) is 0 Å². The Hall–Kier alpha value is -3.48. The van der Waals surface area contributed by atoms with Crippen LogP contribution in [-0.4, -0.2) is 23.4 Å². The van der Waals surface area contributed by atoms with Crippen LogP contribution in [0, 0.1) is 17.0 Å². The van der Waals surface area contributed by atoms with Crippen molar-refractivity contribution in [2.45, 2.75) is 26.3 Å². The number of esters is 1. The molecule has 0 heterocycles. The number of nitrogens with one attached hydrogen (secondary N) is 1. The first-order valence-electron chi connectivity index (χ1n) is 8.84. The number of benzene rings is 2. The van der Waals surface area contributed by atoms with Crippen LogP contribution in [0.3, 0.4) is 0 Å². The Morgan fingerprint density at radius 3 is 2.57 bits per heavy atom. The fraction of sp³-hybridized carbons (Fsp3) is 0.238. The van der Waals surface area contributed by atoms with Gasteiger partial charge in [-0.1, -0.05) is 48.9 Å². The second-order valence-electron chi connectivity index (χ2n) is 6.23. The maximum absolute atomic E-state index is 12.1. The first-order chi connectivity index (χ1) is 13.4. The van der Waals surface area contributed by atoms with Gasteiger partial charge < -0.3 is 10.1 Å². The minimum atomic E-state index is -0.704. The summed E-state index contributed by atoms with van der Waals surface area (Å²) in [6.45, 7) is 3.54. The van der Waals surface area contributed by atoms with Gasteiger partial charge in [0.1, 0.15) is 0 Å². The number of hydrogen-bond donors (Lipinski definition) is 1. The number of non-ortho nitro benzene ring substituents is 1. The summed E-state index contributed by atoms with van der Waals surface area (Å²) < 4.78 is 4.93. The minimum absolute atomic E-state index is 0.0726. The highest BCUT2D eigenvalue weighted by Gasteiger charge is 2.13. The highest BCUT2D eigenvalue weighted by Crippen LogP contribution is 2.17. The molecule has 0 unspecified atom stereocenters. The average Bonchev–Trinajstić information content (AvgIpc) is 2.69. The summed E-state index contributed by atoms with van der Waals surface area (Å²) in [4.78, 5) is 34.1. The molecule has 28 heavy (non-hydrogen) atoms. The lowest BCUT2D eigenvalue weighted by Crippen LogP contribution is -2.32. The van der Waals surface area contributed by atoms with Gasteiger partial charge in [0.05, 0.1) is 11.0 Å². The first-order valence-corrected chi connectivity index (χ1v) is 8.84. The lowest BCUT2D eigenvalue weighted by atomic mass is 10.0. The number of rotatable bonds is 8. The Balaban J connectivity index is 1.86. The largest absolute Gasteiger partial charge is 0.452 e. The summed E-state index contributed by atoms with van der Waals surface area (Å²) in [7, 11) is 0. The molecule has 1 amide bonds. The van der Waals surface area contributed by atoms with Gasteiger partial charge in [0, 0.05) is 18.2 Å². The van der Waals surface area contributed by atoms with E-state index >= 15 is 0 Å². The van der Waals surface area contributed by atoms with E-state index in [9.17, 15) is 19.7 Å². The van der Waals surface area contributed by atoms with Crippen molar-refractivity contribution in [2.75, 3.05) is 6.61 Å². The number of hydrogen-bond acceptors (Lipinski definition) is 5. The number of amides is 1. The molecular weight excluding hydrogens is 360 g/mol. The third-order valence-electron chi connectivity index (χ3n) is 4.06. The van der Waals surface area contributed by atoms with Gasteiger partial charge in [-0.05, 0) is 30.5 Å². The maximum Gasteiger partial charge on any atom is 0.331 e. The van der Waals surface area contributed by atoms with Gasteiger partial charge in [-0.25, -0.2) is 4.79 Å².